The largest absolute Gasteiger partial charge is 0.466 e. The third kappa shape index (κ3) is 4.81. The van der Waals surface area contributed by atoms with Crippen LogP contribution in [-0.4, -0.2) is 30.8 Å². The van der Waals surface area contributed by atoms with Gasteiger partial charge in [0.25, 0.3) is 0 Å². The molecule has 0 heterocycles. The van der Waals surface area contributed by atoms with Crippen LogP contribution in [0.15, 0.2) is 24.3 Å². The fourth-order valence-electron chi connectivity index (χ4n) is 1.52. The molecule has 1 atom stereocenters. The number of nitrogens with one attached hydrogen (secondary N) is 1. The first kappa shape index (κ1) is 14.6. The van der Waals surface area contributed by atoms with Crippen LogP contribution in [-0.2, 0) is 9.53 Å². The lowest BCUT2D eigenvalue weighted by molar-refractivity contribution is -0.143. The SMILES string of the molecule is CCOC(=O)CCNCC(O)c1ccccc1F. The fourth-order valence-corrected chi connectivity index (χ4v) is 1.52. The Balaban J connectivity index is 2.28. The highest BCUT2D eigenvalue weighted by atomic mass is 19.1. The quantitative estimate of drug-likeness (QED) is 0.571. The van der Waals surface area contributed by atoms with Gasteiger partial charge in [-0.1, -0.05) is 18.2 Å². The lowest BCUT2D eigenvalue weighted by Gasteiger charge is -2.12. The van der Waals surface area contributed by atoms with Gasteiger partial charge in [-0.2, -0.15) is 0 Å². The van der Waals surface area contributed by atoms with Crippen LogP contribution in [0, 0.1) is 5.82 Å². The molecule has 0 spiro atoms. The van der Waals surface area contributed by atoms with Crippen molar-refractivity contribution in [2.45, 2.75) is 19.4 Å². The smallest absolute Gasteiger partial charge is 0.307 e. The molecule has 0 saturated carbocycles. The van der Waals surface area contributed by atoms with Crippen molar-refractivity contribution in [2.75, 3.05) is 19.7 Å². The zero-order valence-corrected chi connectivity index (χ0v) is 10.4. The van der Waals surface area contributed by atoms with E-state index in [-0.39, 0.29) is 24.5 Å². The molecule has 0 aliphatic rings. The van der Waals surface area contributed by atoms with E-state index in [4.69, 9.17) is 4.74 Å². The standard InChI is InChI=1S/C13H18FNO3/c1-2-18-13(17)7-8-15-9-12(16)10-5-3-4-6-11(10)14/h3-6,12,15-16H,2,7-9H2,1H3. The highest BCUT2D eigenvalue weighted by Gasteiger charge is 2.11. The Kier molecular flexibility index (Phi) is 6.32. The third-order valence-corrected chi connectivity index (χ3v) is 2.41. The molecule has 0 fully saturated rings. The lowest BCUT2D eigenvalue weighted by atomic mass is 10.1. The van der Waals surface area contributed by atoms with Gasteiger partial charge in [0.05, 0.1) is 19.1 Å². The first-order valence-electron chi connectivity index (χ1n) is 5.94. The van der Waals surface area contributed by atoms with Gasteiger partial charge >= 0.3 is 5.97 Å². The van der Waals surface area contributed by atoms with Gasteiger partial charge in [-0.25, -0.2) is 4.39 Å². The van der Waals surface area contributed by atoms with Crippen molar-refractivity contribution in [3.05, 3.63) is 35.6 Å². The van der Waals surface area contributed by atoms with Gasteiger partial charge in [0.15, 0.2) is 0 Å². The number of aliphatic hydroxyl groups is 1. The minimum absolute atomic E-state index is 0.195. The van der Waals surface area contributed by atoms with Crippen LogP contribution < -0.4 is 5.32 Å². The lowest BCUT2D eigenvalue weighted by Crippen LogP contribution is -2.25. The van der Waals surface area contributed by atoms with Crippen molar-refractivity contribution < 1.29 is 19.0 Å². The summed E-state index contributed by atoms with van der Waals surface area (Å²) in [6.45, 7) is 2.69. The van der Waals surface area contributed by atoms with E-state index in [1.165, 1.54) is 12.1 Å². The van der Waals surface area contributed by atoms with Gasteiger partial charge in [-0.05, 0) is 13.0 Å². The average Bonchev–Trinajstić information content (AvgIpc) is 2.35. The van der Waals surface area contributed by atoms with Crippen molar-refractivity contribution in [1.29, 1.82) is 0 Å². The second-order valence-electron chi connectivity index (χ2n) is 3.80. The molecule has 0 aliphatic heterocycles. The molecule has 4 nitrogen and oxygen atoms in total. The minimum atomic E-state index is -0.923. The minimum Gasteiger partial charge on any atom is -0.466 e. The van der Waals surface area contributed by atoms with Gasteiger partial charge in [-0.15, -0.1) is 0 Å². The average molecular weight is 255 g/mol. The number of halogens is 1. The molecule has 0 aliphatic carbocycles. The zero-order valence-electron chi connectivity index (χ0n) is 10.4. The Bertz CT molecular complexity index is 384. The molecule has 1 aromatic rings. The molecule has 18 heavy (non-hydrogen) atoms. The van der Waals surface area contributed by atoms with E-state index in [1.807, 2.05) is 0 Å². The molecule has 0 aromatic heterocycles. The molecule has 0 radical (unpaired) electrons. The van der Waals surface area contributed by atoms with E-state index in [9.17, 15) is 14.3 Å². The molecule has 1 rings (SSSR count). The summed E-state index contributed by atoms with van der Waals surface area (Å²) in [5.41, 5.74) is 0.251. The maximum atomic E-state index is 13.3. The third-order valence-electron chi connectivity index (χ3n) is 2.41. The monoisotopic (exact) mass is 255 g/mol. The molecule has 0 saturated heterocycles. The number of hydrogen-bond donors (Lipinski definition) is 2. The molecule has 2 N–H and O–H groups in total. The van der Waals surface area contributed by atoms with E-state index in [0.29, 0.717) is 13.2 Å². The summed E-state index contributed by atoms with van der Waals surface area (Å²) in [6.07, 6.45) is -0.689. The summed E-state index contributed by atoms with van der Waals surface area (Å²) >= 11 is 0. The van der Waals surface area contributed by atoms with Crippen LogP contribution in [0.25, 0.3) is 0 Å². The maximum absolute atomic E-state index is 13.3. The van der Waals surface area contributed by atoms with Crippen molar-refractivity contribution >= 4 is 5.97 Å². The number of carbonyl (C=O) groups excluding carboxylic acids is 1. The zero-order chi connectivity index (χ0) is 13.4. The van der Waals surface area contributed by atoms with E-state index < -0.39 is 11.9 Å². The van der Waals surface area contributed by atoms with Crippen LogP contribution in [0.4, 0.5) is 4.39 Å². The van der Waals surface area contributed by atoms with Crippen molar-refractivity contribution in [3.63, 3.8) is 0 Å². The second kappa shape index (κ2) is 7.79. The highest BCUT2D eigenvalue weighted by Crippen LogP contribution is 2.15. The van der Waals surface area contributed by atoms with Gasteiger partial charge < -0.3 is 15.2 Å². The number of ether oxygens (including phenoxy) is 1. The van der Waals surface area contributed by atoms with Crippen LogP contribution in [0.5, 0.6) is 0 Å². The van der Waals surface area contributed by atoms with Crippen LogP contribution in [0.3, 0.4) is 0 Å². The molecule has 5 heteroatoms. The number of hydrogen-bond acceptors (Lipinski definition) is 4. The summed E-state index contributed by atoms with van der Waals surface area (Å²) in [7, 11) is 0. The highest BCUT2D eigenvalue weighted by molar-refractivity contribution is 5.69. The fraction of sp³-hybridized carbons (Fsp3) is 0.462. The van der Waals surface area contributed by atoms with E-state index in [0.717, 1.165) is 0 Å². The summed E-state index contributed by atoms with van der Waals surface area (Å²) in [6, 6.07) is 6.07. The predicted octanol–water partition coefficient (Wildman–Crippen LogP) is 1.40. The van der Waals surface area contributed by atoms with Gasteiger partial charge in [0.1, 0.15) is 5.82 Å². The molecule has 1 unspecified atom stereocenters. The number of esters is 1. The van der Waals surface area contributed by atoms with Crippen molar-refractivity contribution in [1.82, 2.24) is 5.32 Å². The Hall–Kier alpha value is -1.46. The Morgan fingerprint density at radius 2 is 2.22 bits per heavy atom. The number of rotatable bonds is 7. The number of benzene rings is 1. The molecule has 0 bridgehead atoms. The van der Waals surface area contributed by atoms with Gasteiger partial charge in [0.2, 0.25) is 0 Å². The Morgan fingerprint density at radius 3 is 2.89 bits per heavy atom. The molecular weight excluding hydrogens is 237 g/mol. The van der Waals surface area contributed by atoms with Crippen LogP contribution in [0.2, 0.25) is 0 Å². The number of carbonyl (C=O) groups is 1. The Labute approximate surface area is 106 Å². The van der Waals surface area contributed by atoms with E-state index >= 15 is 0 Å². The summed E-state index contributed by atoms with van der Waals surface area (Å²) in [5, 5.41) is 12.6. The van der Waals surface area contributed by atoms with Crippen molar-refractivity contribution in [2.24, 2.45) is 0 Å². The summed E-state index contributed by atoms with van der Waals surface area (Å²) in [5.74, 6) is -0.720. The topological polar surface area (TPSA) is 58.6 Å². The normalized spacial score (nSPS) is 12.2. The molecular formula is C13H18FNO3. The van der Waals surface area contributed by atoms with E-state index in [1.54, 1.807) is 19.1 Å². The number of aliphatic hydroxyl groups excluding tert-OH is 1. The predicted molar refractivity (Wildman–Crippen MR) is 65.5 cm³/mol. The molecule has 100 valence electrons. The first-order chi connectivity index (χ1) is 8.65. The maximum Gasteiger partial charge on any atom is 0.307 e. The van der Waals surface area contributed by atoms with E-state index in [2.05, 4.69) is 5.32 Å². The molecule has 0 amide bonds. The summed E-state index contributed by atoms with van der Waals surface area (Å²) in [4.78, 5) is 11.0. The van der Waals surface area contributed by atoms with Gasteiger partial charge in [-0.3, -0.25) is 4.79 Å². The van der Waals surface area contributed by atoms with Gasteiger partial charge in [0, 0.05) is 18.7 Å². The second-order valence-corrected chi connectivity index (χ2v) is 3.80. The Morgan fingerprint density at radius 1 is 1.50 bits per heavy atom. The van der Waals surface area contributed by atoms with Crippen LogP contribution >= 0.6 is 0 Å². The van der Waals surface area contributed by atoms with Crippen molar-refractivity contribution in [3.8, 4) is 0 Å². The van der Waals surface area contributed by atoms with Crippen LogP contribution in [0.1, 0.15) is 25.0 Å². The molecule has 1 aromatic carbocycles. The summed E-state index contributed by atoms with van der Waals surface area (Å²) < 4.78 is 18.1. The first-order valence-corrected chi connectivity index (χ1v) is 5.94.